The minimum absolute atomic E-state index is 0.00290. The summed E-state index contributed by atoms with van der Waals surface area (Å²) in [7, 11) is -3.31. The van der Waals surface area contributed by atoms with Crippen LogP contribution in [0.5, 0.6) is 0 Å². The van der Waals surface area contributed by atoms with Gasteiger partial charge in [0.25, 0.3) is 5.91 Å². The molecule has 0 heterocycles. The van der Waals surface area contributed by atoms with Crippen molar-refractivity contribution in [2.24, 2.45) is 0 Å². The van der Waals surface area contributed by atoms with Crippen LogP contribution >= 0.6 is 23.4 Å². The highest BCUT2D eigenvalue weighted by atomic mass is 35.5. The second kappa shape index (κ2) is 9.85. The van der Waals surface area contributed by atoms with E-state index in [9.17, 15) is 13.2 Å². The summed E-state index contributed by atoms with van der Waals surface area (Å²) >= 11 is 7.58. The second-order valence-electron chi connectivity index (χ2n) is 5.52. The molecule has 0 atom stereocenters. The number of carbonyl (C=O) groups is 1. The van der Waals surface area contributed by atoms with Gasteiger partial charge in [0.2, 0.25) is 10.0 Å². The largest absolute Gasteiger partial charge is 0.351 e. The Bertz CT molecular complexity index is 823. The van der Waals surface area contributed by atoms with Crippen molar-refractivity contribution < 1.29 is 13.2 Å². The standard InChI is InChI=1S/C18H21ClN2O3S2/c1-2-26(23,24)21-17-9-5-15(6-10-17)18(22)20-11-12-25-13-14-3-7-16(19)8-4-14/h3-10,21H,2,11-13H2,1H3,(H,20,22). The lowest BCUT2D eigenvalue weighted by Crippen LogP contribution is -2.25. The molecule has 0 aliphatic heterocycles. The van der Waals surface area contributed by atoms with E-state index in [4.69, 9.17) is 11.6 Å². The summed E-state index contributed by atoms with van der Waals surface area (Å²) in [6, 6.07) is 14.1. The van der Waals surface area contributed by atoms with E-state index < -0.39 is 10.0 Å². The molecule has 0 aromatic heterocycles. The molecule has 0 radical (unpaired) electrons. The van der Waals surface area contributed by atoms with Gasteiger partial charge < -0.3 is 5.32 Å². The molecule has 8 heteroatoms. The van der Waals surface area contributed by atoms with Crippen molar-refractivity contribution in [2.75, 3.05) is 22.8 Å². The van der Waals surface area contributed by atoms with Gasteiger partial charge in [-0.15, -0.1) is 0 Å². The van der Waals surface area contributed by atoms with Crippen LogP contribution in [0, 0.1) is 0 Å². The molecule has 2 aromatic carbocycles. The van der Waals surface area contributed by atoms with Crippen molar-refractivity contribution in [1.82, 2.24) is 5.32 Å². The van der Waals surface area contributed by atoms with Crippen LogP contribution in [0.4, 0.5) is 5.69 Å². The number of sulfonamides is 1. The molecule has 2 N–H and O–H groups in total. The van der Waals surface area contributed by atoms with Crippen LogP contribution in [0.15, 0.2) is 48.5 Å². The van der Waals surface area contributed by atoms with Gasteiger partial charge in [-0.25, -0.2) is 8.42 Å². The van der Waals surface area contributed by atoms with E-state index in [1.54, 1.807) is 43.0 Å². The van der Waals surface area contributed by atoms with Crippen LogP contribution < -0.4 is 10.0 Å². The van der Waals surface area contributed by atoms with E-state index >= 15 is 0 Å². The molecule has 2 aromatic rings. The Kier molecular flexibility index (Phi) is 7.81. The average molecular weight is 413 g/mol. The fraction of sp³-hybridized carbons (Fsp3) is 0.278. The number of rotatable bonds is 9. The van der Waals surface area contributed by atoms with Crippen LogP contribution in [0.2, 0.25) is 5.02 Å². The summed E-state index contributed by atoms with van der Waals surface area (Å²) in [5.74, 6) is 1.48. The molecule has 0 saturated carbocycles. The predicted octanol–water partition coefficient (Wildman–Crippen LogP) is 3.76. The summed E-state index contributed by atoms with van der Waals surface area (Å²) in [6.07, 6.45) is 0. The lowest BCUT2D eigenvalue weighted by molar-refractivity contribution is 0.0956. The summed E-state index contributed by atoms with van der Waals surface area (Å²) in [5, 5.41) is 3.58. The third-order valence-electron chi connectivity index (χ3n) is 3.51. The molecule has 26 heavy (non-hydrogen) atoms. The Morgan fingerprint density at radius 1 is 1.08 bits per heavy atom. The third kappa shape index (κ3) is 6.90. The minimum atomic E-state index is -3.31. The molecular formula is C18H21ClN2O3S2. The number of hydrogen-bond acceptors (Lipinski definition) is 4. The number of anilines is 1. The maximum Gasteiger partial charge on any atom is 0.251 e. The van der Waals surface area contributed by atoms with Gasteiger partial charge in [0.15, 0.2) is 0 Å². The number of benzene rings is 2. The molecule has 140 valence electrons. The van der Waals surface area contributed by atoms with Crippen molar-refractivity contribution in [3.63, 3.8) is 0 Å². The summed E-state index contributed by atoms with van der Waals surface area (Å²) in [5.41, 5.74) is 2.13. The van der Waals surface area contributed by atoms with Gasteiger partial charge in [0.1, 0.15) is 0 Å². The Morgan fingerprint density at radius 3 is 2.35 bits per heavy atom. The molecule has 0 fully saturated rings. The van der Waals surface area contributed by atoms with E-state index in [0.717, 1.165) is 16.5 Å². The maximum absolute atomic E-state index is 12.1. The molecule has 0 aliphatic carbocycles. The molecule has 0 aliphatic rings. The van der Waals surface area contributed by atoms with Crippen LogP contribution in [-0.2, 0) is 15.8 Å². The molecule has 5 nitrogen and oxygen atoms in total. The zero-order chi connectivity index (χ0) is 19.0. The van der Waals surface area contributed by atoms with Crippen LogP contribution in [-0.4, -0.2) is 32.4 Å². The van der Waals surface area contributed by atoms with Crippen LogP contribution in [0.1, 0.15) is 22.8 Å². The van der Waals surface area contributed by atoms with Gasteiger partial charge in [-0.1, -0.05) is 23.7 Å². The number of nitrogens with one attached hydrogen (secondary N) is 2. The molecule has 2 rings (SSSR count). The highest BCUT2D eigenvalue weighted by molar-refractivity contribution is 7.98. The summed E-state index contributed by atoms with van der Waals surface area (Å²) in [6.45, 7) is 2.12. The zero-order valence-electron chi connectivity index (χ0n) is 14.4. The molecular weight excluding hydrogens is 392 g/mol. The third-order valence-corrected chi connectivity index (χ3v) is 6.10. The lowest BCUT2D eigenvalue weighted by atomic mass is 10.2. The topological polar surface area (TPSA) is 75.3 Å². The first-order chi connectivity index (χ1) is 12.4. The van der Waals surface area contributed by atoms with Crippen molar-refractivity contribution >= 4 is 45.0 Å². The Hall–Kier alpha value is -1.70. The fourth-order valence-electron chi connectivity index (χ4n) is 2.05. The monoisotopic (exact) mass is 412 g/mol. The Balaban J connectivity index is 1.73. The first-order valence-electron chi connectivity index (χ1n) is 8.10. The minimum Gasteiger partial charge on any atom is -0.351 e. The maximum atomic E-state index is 12.1. The highest BCUT2D eigenvalue weighted by Gasteiger charge is 2.08. The molecule has 0 saturated heterocycles. The van der Waals surface area contributed by atoms with Crippen LogP contribution in [0.3, 0.4) is 0 Å². The van der Waals surface area contributed by atoms with E-state index in [1.165, 1.54) is 5.56 Å². The number of carbonyl (C=O) groups excluding carboxylic acids is 1. The SMILES string of the molecule is CCS(=O)(=O)Nc1ccc(C(=O)NCCSCc2ccc(Cl)cc2)cc1. The highest BCUT2D eigenvalue weighted by Crippen LogP contribution is 2.15. The number of halogens is 1. The van der Waals surface area contributed by atoms with Gasteiger partial charge in [-0.3, -0.25) is 9.52 Å². The van der Waals surface area contributed by atoms with E-state index in [1.807, 2.05) is 24.3 Å². The molecule has 0 unspecified atom stereocenters. The van der Waals surface area contributed by atoms with Crippen LogP contribution in [0.25, 0.3) is 0 Å². The smallest absolute Gasteiger partial charge is 0.251 e. The van der Waals surface area contributed by atoms with E-state index in [-0.39, 0.29) is 11.7 Å². The molecule has 0 spiro atoms. The predicted molar refractivity (Wildman–Crippen MR) is 109 cm³/mol. The van der Waals surface area contributed by atoms with Gasteiger partial charge in [0, 0.05) is 34.3 Å². The number of hydrogen-bond donors (Lipinski definition) is 2. The van der Waals surface area contributed by atoms with Gasteiger partial charge in [-0.2, -0.15) is 11.8 Å². The summed E-state index contributed by atoms with van der Waals surface area (Å²) in [4.78, 5) is 12.1. The Labute approximate surface area is 163 Å². The second-order valence-corrected chi connectivity index (χ2v) is 9.07. The van der Waals surface area contributed by atoms with Gasteiger partial charge in [0.05, 0.1) is 5.75 Å². The van der Waals surface area contributed by atoms with E-state index in [2.05, 4.69) is 10.0 Å². The van der Waals surface area contributed by atoms with E-state index in [0.29, 0.717) is 17.8 Å². The quantitative estimate of drug-likeness (QED) is 0.615. The van der Waals surface area contributed by atoms with Crippen molar-refractivity contribution in [3.05, 3.63) is 64.7 Å². The van der Waals surface area contributed by atoms with Gasteiger partial charge >= 0.3 is 0 Å². The first kappa shape index (κ1) is 20.6. The van der Waals surface area contributed by atoms with Crippen molar-refractivity contribution in [3.8, 4) is 0 Å². The molecule has 0 bridgehead atoms. The van der Waals surface area contributed by atoms with Gasteiger partial charge in [-0.05, 0) is 48.9 Å². The van der Waals surface area contributed by atoms with Crippen molar-refractivity contribution in [2.45, 2.75) is 12.7 Å². The number of thioether (sulfide) groups is 1. The molecule has 1 amide bonds. The lowest BCUT2D eigenvalue weighted by Gasteiger charge is -2.08. The summed E-state index contributed by atoms with van der Waals surface area (Å²) < 4.78 is 25.5. The van der Waals surface area contributed by atoms with Crippen molar-refractivity contribution in [1.29, 1.82) is 0 Å². The Morgan fingerprint density at radius 2 is 1.73 bits per heavy atom. The average Bonchev–Trinajstić information content (AvgIpc) is 2.63. The fourth-order valence-corrected chi connectivity index (χ4v) is 3.64. The zero-order valence-corrected chi connectivity index (χ0v) is 16.8. The number of amides is 1. The normalized spacial score (nSPS) is 11.2. The first-order valence-corrected chi connectivity index (χ1v) is 11.3.